The quantitative estimate of drug-likeness (QED) is 0.183. The van der Waals surface area contributed by atoms with Crippen LogP contribution in [-0.2, 0) is 0 Å². The molecule has 0 aliphatic rings. The molecule has 0 rings (SSSR count). The molecule has 1 nitrogen and oxygen atoms in total. The van der Waals surface area contributed by atoms with E-state index < -0.39 is 0 Å². The van der Waals surface area contributed by atoms with Gasteiger partial charge in [0.1, 0.15) is 0 Å². The summed E-state index contributed by atoms with van der Waals surface area (Å²) in [6.07, 6.45) is 26.1. The van der Waals surface area contributed by atoms with E-state index in [0.717, 1.165) is 6.04 Å². The van der Waals surface area contributed by atoms with E-state index in [0.29, 0.717) is 0 Å². The van der Waals surface area contributed by atoms with Crippen molar-refractivity contribution >= 4 is 0 Å². The third kappa shape index (κ3) is 17.4. The molecule has 26 heavy (non-hydrogen) atoms. The standard InChI is InChI=1S/C25H53N/c1-5-8-9-10-11-12-13-14-15-16-17-18-19-20-21-22-23-25(4)26(7-3)24-6-2/h25H,5-24H2,1-4H3. The summed E-state index contributed by atoms with van der Waals surface area (Å²) in [7, 11) is 0. The lowest BCUT2D eigenvalue weighted by Gasteiger charge is -2.27. The average Bonchev–Trinajstić information content (AvgIpc) is 2.65. The van der Waals surface area contributed by atoms with Crippen molar-refractivity contribution in [2.45, 2.75) is 149 Å². The summed E-state index contributed by atoms with van der Waals surface area (Å²) >= 11 is 0. The second-order valence-electron chi connectivity index (χ2n) is 8.57. The van der Waals surface area contributed by atoms with Crippen molar-refractivity contribution in [1.29, 1.82) is 0 Å². The first-order chi connectivity index (χ1) is 12.8. The summed E-state index contributed by atoms with van der Waals surface area (Å²) in [5, 5.41) is 0. The van der Waals surface area contributed by atoms with Gasteiger partial charge >= 0.3 is 0 Å². The molecule has 0 spiro atoms. The molecule has 1 heteroatoms. The monoisotopic (exact) mass is 367 g/mol. The molecule has 0 aromatic rings. The van der Waals surface area contributed by atoms with Crippen LogP contribution in [0.4, 0.5) is 0 Å². The Balaban J connectivity index is 3.20. The minimum Gasteiger partial charge on any atom is -0.301 e. The zero-order valence-corrected chi connectivity index (χ0v) is 19.2. The Kier molecular flexibility index (Phi) is 21.2. The van der Waals surface area contributed by atoms with E-state index in [1.807, 2.05) is 0 Å². The van der Waals surface area contributed by atoms with Gasteiger partial charge in [-0.05, 0) is 32.9 Å². The Hall–Kier alpha value is -0.0400. The number of hydrogen-bond donors (Lipinski definition) is 0. The van der Waals surface area contributed by atoms with Gasteiger partial charge in [0, 0.05) is 6.04 Å². The molecule has 0 aromatic carbocycles. The highest BCUT2D eigenvalue weighted by molar-refractivity contribution is 4.65. The van der Waals surface area contributed by atoms with Gasteiger partial charge in [0.25, 0.3) is 0 Å². The van der Waals surface area contributed by atoms with Crippen LogP contribution < -0.4 is 0 Å². The summed E-state index contributed by atoms with van der Waals surface area (Å²) in [4.78, 5) is 2.64. The van der Waals surface area contributed by atoms with Crippen LogP contribution in [0.2, 0.25) is 0 Å². The predicted molar refractivity (Wildman–Crippen MR) is 121 cm³/mol. The normalized spacial score (nSPS) is 12.8. The Morgan fingerprint density at radius 1 is 0.500 bits per heavy atom. The Labute approximate surface area is 167 Å². The first-order valence-electron chi connectivity index (χ1n) is 12.5. The van der Waals surface area contributed by atoms with Gasteiger partial charge in [-0.3, -0.25) is 0 Å². The Bertz CT molecular complexity index is 251. The second-order valence-corrected chi connectivity index (χ2v) is 8.57. The average molecular weight is 368 g/mol. The zero-order chi connectivity index (χ0) is 19.3. The molecule has 0 saturated carbocycles. The van der Waals surface area contributed by atoms with Crippen LogP contribution in [0.15, 0.2) is 0 Å². The molecule has 0 saturated heterocycles. The lowest BCUT2D eigenvalue weighted by Crippen LogP contribution is -2.33. The summed E-state index contributed by atoms with van der Waals surface area (Å²) < 4.78 is 0. The molecule has 158 valence electrons. The number of unbranched alkanes of at least 4 members (excludes halogenated alkanes) is 15. The maximum Gasteiger partial charge on any atom is 0.00668 e. The third-order valence-corrected chi connectivity index (χ3v) is 6.02. The molecule has 1 atom stereocenters. The first-order valence-corrected chi connectivity index (χ1v) is 12.5. The van der Waals surface area contributed by atoms with Crippen molar-refractivity contribution in [3.8, 4) is 0 Å². The molecule has 0 aliphatic carbocycles. The number of hydrogen-bond acceptors (Lipinski definition) is 1. The Morgan fingerprint density at radius 2 is 0.885 bits per heavy atom. The fourth-order valence-electron chi connectivity index (χ4n) is 4.15. The SMILES string of the molecule is CCCCCCCCCCCCCCCCCCC(C)N(CC)CCC. The second kappa shape index (κ2) is 21.3. The third-order valence-electron chi connectivity index (χ3n) is 6.02. The highest BCUT2D eigenvalue weighted by atomic mass is 15.1. The van der Waals surface area contributed by atoms with Crippen LogP contribution in [0.3, 0.4) is 0 Å². The Morgan fingerprint density at radius 3 is 1.23 bits per heavy atom. The predicted octanol–water partition coefficient (Wildman–Crippen LogP) is 8.76. The van der Waals surface area contributed by atoms with Crippen molar-refractivity contribution in [3.63, 3.8) is 0 Å². The molecule has 1 unspecified atom stereocenters. The van der Waals surface area contributed by atoms with Crippen molar-refractivity contribution in [1.82, 2.24) is 4.90 Å². The van der Waals surface area contributed by atoms with E-state index in [1.54, 1.807) is 0 Å². The molecule has 0 aromatic heterocycles. The van der Waals surface area contributed by atoms with Crippen LogP contribution in [0.25, 0.3) is 0 Å². The maximum atomic E-state index is 2.64. The molecule has 0 N–H and O–H groups in total. The van der Waals surface area contributed by atoms with E-state index in [9.17, 15) is 0 Å². The number of rotatable bonds is 21. The van der Waals surface area contributed by atoms with Gasteiger partial charge in [-0.1, -0.05) is 124 Å². The summed E-state index contributed by atoms with van der Waals surface area (Å²) in [5.74, 6) is 0. The highest BCUT2D eigenvalue weighted by Crippen LogP contribution is 2.15. The lowest BCUT2D eigenvalue weighted by atomic mass is 10.0. The first kappa shape index (κ1) is 26.0. The van der Waals surface area contributed by atoms with Crippen molar-refractivity contribution in [2.75, 3.05) is 13.1 Å². The van der Waals surface area contributed by atoms with Crippen molar-refractivity contribution in [2.24, 2.45) is 0 Å². The summed E-state index contributed by atoms with van der Waals surface area (Å²) in [6, 6.07) is 0.784. The molecule has 0 radical (unpaired) electrons. The zero-order valence-electron chi connectivity index (χ0n) is 19.2. The van der Waals surface area contributed by atoms with Gasteiger partial charge in [0.05, 0.1) is 0 Å². The summed E-state index contributed by atoms with van der Waals surface area (Å²) in [5.41, 5.74) is 0. The van der Waals surface area contributed by atoms with Gasteiger partial charge in [0.2, 0.25) is 0 Å². The topological polar surface area (TPSA) is 3.24 Å². The fourth-order valence-corrected chi connectivity index (χ4v) is 4.15. The number of nitrogens with zero attached hydrogens (tertiary/aromatic N) is 1. The minimum atomic E-state index is 0.784. The maximum absolute atomic E-state index is 2.64. The van der Waals surface area contributed by atoms with E-state index in [-0.39, 0.29) is 0 Å². The van der Waals surface area contributed by atoms with Crippen molar-refractivity contribution in [3.05, 3.63) is 0 Å². The van der Waals surface area contributed by atoms with Crippen LogP contribution >= 0.6 is 0 Å². The van der Waals surface area contributed by atoms with E-state index in [2.05, 4.69) is 32.6 Å². The van der Waals surface area contributed by atoms with E-state index >= 15 is 0 Å². The smallest absolute Gasteiger partial charge is 0.00668 e. The van der Waals surface area contributed by atoms with Gasteiger partial charge < -0.3 is 4.90 Å². The van der Waals surface area contributed by atoms with Crippen LogP contribution in [-0.4, -0.2) is 24.0 Å². The summed E-state index contributed by atoms with van der Waals surface area (Å²) in [6.45, 7) is 11.8. The van der Waals surface area contributed by atoms with Gasteiger partial charge in [-0.2, -0.15) is 0 Å². The molecule has 0 aliphatic heterocycles. The van der Waals surface area contributed by atoms with E-state index in [1.165, 1.54) is 129 Å². The van der Waals surface area contributed by atoms with Gasteiger partial charge in [-0.15, -0.1) is 0 Å². The lowest BCUT2D eigenvalue weighted by molar-refractivity contribution is 0.206. The molecule has 0 fully saturated rings. The van der Waals surface area contributed by atoms with Crippen molar-refractivity contribution < 1.29 is 0 Å². The minimum absolute atomic E-state index is 0.784. The van der Waals surface area contributed by atoms with Crippen LogP contribution in [0, 0.1) is 0 Å². The van der Waals surface area contributed by atoms with Gasteiger partial charge in [0.15, 0.2) is 0 Å². The van der Waals surface area contributed by atoms with Gasteiger partial charge in [-0.25, -0.2) is 0 Å². The van der Waals surface area contributed by atoms with Crippen LogP contribution in [0.1, 0.15) is 143 Å². The fraction of sp³-hybridized carbons (Fsp3) is 1.00. The molecule has 0 bridgehead atoms. The molecular weight excluding hydrogens is 314 g/mol. The highest BCUT2D eigenvalue weighted by Gasteiger charge is 2.09. The molecular formula is C25H53N. The largest absolute Gasteiger partial charge is 0.301 e. The van der Waals surface area contributed by atoms with Crippen LogP contribution in [0.5, 0.6) is 0 Å². The molecule has 0 amide bonds. The van der Waals surface area contributed by atoms with E-state index in [4.69, 9.17) is 0 Å². The molecule has 0 heterocycles.